The number of nitrogens with one attached hydrogen (secondary N) is 1. The Hall–Kier alpha value is -1.95. The molecule has 2 fully saturated rings. The van der Waals surface area contributed by atoms with E-state index in [1.54, 1.807) is 7.11 Å². The lowest BCUT2D eigenvalue weighted by atomic mass is 9.96. The lowest BCUT2D eigenvalue weighted by Gasteiger charge is -2.17. The van der Waals surface area contributed by atoms with Gasteiger partial charge in [-0.25, -0.2) is 0 Å². The molecular weight excluding hydrogens is 336 g/mol. The van der Waals surface area contributed by atoms with E-state index in [0.29, 0.717) is 29.1 Å². The molecule has 1 aliphatic carbocycles. The first-order valence-corrected chi connectivity index (χ1v) is 9.60. The second kappa shape index (κ2) is 8.43. The number of amidine groups is 1. The Morgan fingerprint density at radius 3 is 2.80 bits per heavy atom. The van der Waals surface area contributed by atoms with Crippen molar-refractivity contribution in [1.29, 1.82) is 0 Å². The summed E-state index contributed by atoms with van der Waals surface area (Å²) < 4.78 is 10.9. The van der Waals surface area contributed by atoms with Crippen molar-refractivity contribution in [2.45, 2.75) is 45.1 Å². The smallest absolute Gasteiger partial charge is 0.264 e. The van der Waals surface area contributed by atoms with Gasteiger partial charge in [-0.2, -0.15) is 0 Å². The molecule has 134 valence electrons. The predicted molar refractivity (Wildman–Crippen MR) is 102 cm³/mol. The standard InChI is InChI=1S/C19H24N2O3S/c1-3-24-15-10-9-13(11-16(15)23-2)12-17-18(22)21-19(25-17)20-14-7-5-4-6-8-14/h9-12,14H,3-8H2,1-2H3,(H,20,21,22)/b17-12-. The van der Waals surface area contributed by atoms with E-state index in [1.807, 2.05) is 31.2 Å². The van der Waals surface area contributed by atoms with E-state index in [9.17, 15) is 4.79 Å². The summed E-state index contributed by atoms with van der Waals surface area (Å²) in [5.41, 5.74) is 0.900. The molecule has 1 saturated heterocycles. The van der Waals surface area contributed by atoms with Crippen molar-refractivity contribution in [2.24, 2.45) is 4.99 Å². The molecule has 1 aliphatic heterocycles. The fourth-order valence-electron chi connectivity index (χ4n) is 3.06. The summed E-state index contributed by atoms with van der Waals surface area (Å²) in [6.45, 7) is 2.51. The number of carbonyl (C=O) groups is 1. The van der Waals surface area contributed by atoms with Crippen molar-refractivity contribution < 1.29 is 14.3 Å². The number of carbonyl (C=O) groups excluding carboxylic acids is 1. The molecule has 1 heterocycles. The van der Waals surface area contributed by atoms with Crippen LogP contribution in [0.25, 0.3) is 6.08 Å². The van der Waals surface area contributed by atoms with Gasteiger partial charge in [0.25, 0.3) is 5.91 Å². The third-order valence-corrected chi connectivity index (χ3v) is 5.23. The number of hydrogen-bond donors (Lipinski definition) is 1. The third-order valence-electron chi connectivity index (χ3n) is 4.31. The van der Waals surface area contributed by atoms with Crippen molar-refractivity contribution in [3.05, 3.63) is 28.7 Å². The molecule has 1 amide bonds. The van der Waals surface area contributed by atoms with Crippen molar-refractivity contribution in [3.8, 4) is 11.5 Å². The zero-order chi connectivity index (χ0) is 17.6. The van der Waals surface area contributed by atoms with Crippen LogP contribution in [0.5, 0.6) is 11.5 Å². The van der Waals surface area contributed by atoms with Crippen LogP contribution >= 0.6 is 11.8 Å². The van der Waals surface area contributed by atoms with E-state index in [4.69, 9.17) is 14.5 Å². The van der Waals surface area contributed by atoms with Crippen molar-refractivity contribution in [3.63, 3.8) is 0 Å². The van der Waals surface area contributed by atoms with Crippen LogP contribution in [0, 0.1) is 0 Å². The van der Waals surface area contributed by atoms with Crippen LogP contribution in [-0.2, 0) is 4.79 Å². The Morgan fingerprint density at radius 1 is 1.28 bits per heavy atom. The molecule has 0 aromatic heterocycles. The first kappa shape index (κ1) is 17.9. The largest absolute Gasteiger partial charge is 0.493 e. The highest BCUT2D eigenvalue weighted by Gasteiger charge is 2.25. The number of benzene rings is 1. The predicted octanol–water partition coefficient (Wildman–Crippen LogP) is 3.99. The van der Waals surface area contributed by atoms with Gasteiger partial charge >= 0.3 is 0 Å². The SMILES string of the molecule is CCOc1ccc(/C=C2\SC(=NC3CCCCC3)NC2=O)cc1OC. The second-order valence-electron chi connectivity index (χ2n) is 6.13. The van der Waals surface area contributed by atoms with Crippen LogP contribution in [0.15, 0.2) is 28.1 Å². The maximum atomic E-state index is 12.2. The normalized spacial score (nSPS) is 21.6. The number of aliphatic imine (C=N–C) groups is 1. The Labute approximate surface area is 152 Å². The topological polar surface area (TPSA) is 59.9 Å². The van der Waals surface area contributed by atoms with Crippen molar-refractivity contribution >= 4 is 28.9 Å². The number of ether oxygens (including phenoxy) is 2. The number of rotatable bonds is 5. The van der Waals surface area contributed by atoms with Crippen LogP contribution < -0.4 is 14.8 Å². The van der Waals surface area contributed by atoms with Gasteiger partial charge < -0.3 is 14.8 Å². The summed E-state index contributed by atoms with van der Waals surface area (Å²) in [7, 11) is 1.61. The Kier molecular flexibility index (Phi) is 6.02. The van der Waals surface area contributed by atoms with E-state index < -0.39 is 0 Å². The van der Waals surface area contributed by atoms with Gasteiger partial charge in [0.05, 0.1) is 24.7 Å². The fraction of sp³-hybridized carbons (Fsp3) is 0.474. The van der Waals surface area contributed by atoms with Crippen LogP contribution in [0.4, 0.5) is 0 Å². The Balaban J connectivity index is 1.74. The molecule has 1 aromatic carbocycles. The molecule has 6 heteroatoms. The van der Waals surface area contributed by atoms with Gasteiger partial charge in [0.1, 0.15) is 0 Å². The molecule has 1 aromatic rings. The fourth-order valence-corrected chi connectivity index (χ4v) is 3.96. The molecule has 2 aliphatic rings. The summed E-state index contributed by atoms with van der Waals surface area (Å²) in [5.74, 6) is 1.28. The lowest BCUT2D eigenvalue weighted by molar-refractivity contribution is -0.115. The maximum Gasteiger partial charge on any atom is 0.264 e. The number of amides is 1. The van der Waals surface area contributed by atoms with Gasteiger partial charge in [0.15, 0.2) is 16.7 Å². The number of nitrogens with zero attached hydrogens (tertiary/aromatic N) is 1. The Morgan fingerprint density at radius 2 is 2.08 bits per heavy atom. The molecule has 0 bridgehead atoms. The van der Waals surface area contributed by atoms with Gasteiger partial charge in [-0.1, -0.05) is 25.3 Å². The summed E-state index contributed by atoms with van der Waals surface area (Å²) in [5, 5.41) is 3.60. The Bertz CT molecular complexity index is 694. The van der Waals surface area contributed by atoms with Gasteiger partial charge in [0, 0.05) is 0 Å². The molecule has 25 heavy (non-hydrogen) atoms. The molecular formula is C19H24N2O3S. The highest BCUT2D eigenvalue weighted by atomic mass is 32.2. The molecule has 0 spiro atoms. The molecule has 3 rings (SSSR count). The first-order chi connectivity index (χ1) is 12.2. The van der Waals surface area contributed by atoms with Crippen LogP contribution in [0.2, 0.25) is 0 Å². The third kappa shape index (κ3) is 4.57. The zero-order valence-electron chi connectivity index (χ0n) is 14.7. The monoisotopic (exact) mass is 360 g/mol. The lowest BCUT2D eigenvalue weighted by Crippen LogP contribution is -2.22. The average molecular weight is 360 g/mol. The van der Waals surface area contributed by atoms with Crippen molar-refractivity contribution in [2.75, 3.05) is 13.7 Å². The van der Waals surface area contributed by atoms with E-state index in [0.717, 1.165) is 23.6 Å². The zero-order valence-corrected chi connectivity index (χ0v) is 15.5. The number of thioether (sulfide) groups is 1. The summed E-state index contributed by atoms with van der Waals surface area (Å²) in [6, 6.07) is 6.01. The molecule has 0 atom stereocenters. The van der Waals surface area contributed by atoms with Gasteiger partial charge in [-0.05, 0) is 55.3 Å². The second-order valence-corrected chi connectivity index (χ2v) is 7.16. The molecule has 1 N–H and O–H groups in total. The van der Waals surface area contributed by atoms with Crippen LogP contribution in [0.1, 0.15) is 44.6 Å². The average Bonchev–Trinajstić information content (AvgIpc) is 2.96. The van der Waals surface area contributed by atoms with E-state index in [-0.39, 0.29) is 5.91 Å². The molecule has 0 radical (unpaired) electrons. The van der Waals surface area contributed by atoms with Crippen LogP contribution in [0.3, 0.4) is 0 Å². The summed E-state index contributed by atoms with van der Waals surface area (Å²) in [4.78, 5) is 17.6. The van der Waals surface area contributed by atoms with Gasteiger partial charge in [-0.15, -0.1) is 0 Å². The highest BCUT2D eigenvalue weighted by molar-refractivity contribution is 8.18. The summed E-state index contributed by atoms with van der Waals surface area (Å²) in [6.07, 6.45) is 7.86. The van der Waals surface area contributed by atoms with Crippen LogP contribution in [-0.4, -0.2) is 30.8 Å². The van der Waals surface area contributed by atoms with Gasteiger partial charge in [0.2, 0.25) is 0 Å². The first-order valence-electron chi connectivity index (χ1n) is 8.79. The highest BCUT2D eigenvalue weighted by Crippen LogP contribution is 2.32. The van der Waals surface area contributed by atoms with E-state index in [2.05, 4.69) is 5.32 Å². The van der Waals surface area contributed by atoms with Gasteiger partial charge in [-0.3, -0.25) is 9.79 Å². The van der Waals surface area contributed by atoms with E-state index >= 15 is 0 Å². The molecule has 5 nitrogen and oxygen atoms in total. The minimum Gasteiger partial charge on any atom is -0.493 e. The molecule has 1 saturated carbocycles. The minimum atomic E-state index is -0.0904. The maximum absolute atomic E-state index is 12.2. The minimum absolute atomic E-state index is 0.0904. The number of hydrogen-bond acceptors (Lipinski definition) is 5. The summed E-state index contributed by atoms with van der Waals surface area (Å²) >= 11 is 1.41. The number of methoxy groups -OCH3 is 1. The molecule has 0 unspecified atom stereocenters. The quantitative estimate of drug-likeness (QED) is 0.807. The van der Waals surface area contributed by atoms with Crippen molar-refractivity contribution in [1.82, 2.24) is 5.32 Å². The van der Waals surface area contributed by atoms with E-state index in [1.165, 1.54) is 31.0 Å².